The van der Waals surface area contributed by atoms with E-state index in [0.29, 0.717) is 6.61 Å². The number of hydrogen-bond donors (Lipinski definition) is 0. The first-order valence-electron chi connectivity index (χ1n) is 6.21. The van der Waals surface area contributed by atoms with Gasteiger partial charge in [-0.1, -0.05) is 0 Å². The molecule has 2 fully saturated rings. The minimum Gasteiger partial charge on any atom is -0.464 e. The summed E-state index contributed by atoms with van der Waals surface area (Å²) in [5.74, 6) is 0.129. The zero-order valence-corrected chi connectivity index (χ0v) is 9.78. The van der Waals surface area contributed by atoms with Gasteiger partial charge in [-0.2, -0.15) is 0 Å². The number of carbonyl (C=O) groups excluding carboxylic acids is 2. The summed E-state index contributed by atoms with van der Waals surface area (Å²) in [4.78, 5) is 25.5. The molecule has 1 unspecified atom stereocenters. The van der Waals surface area contributed by atoms with Crippen molar-refractivity contribution in [2.24, 2.45) is 5.92 Å². The van der Waals surface area contributed by atoms with E-state index in [1.54, 1.807) is 11.8 Å². The molecule has 4 nitrogen and oxygen atoms in total. The summed E-state index contributed by atoms with van der Waals surface area (Å²) in [6, 6.07) is -0.318. The third-order valence-electron chi connectivity index (χ3n) is 3.27. The molecule has 90 valence electrons. The molecule has 1 saturated heterocycles. The molecule has 1 aliphatic heterocycles. The zero-order valence-electron chi connectivity index (χ0n) is 9.78. The van der Waals surface area contributed by atoms with E-state index in [1.807, 2.05) is 0 Å². The van der Waals surface area contributed by atoms with E-state index in [0.717, 1.165) is 38.6 Å². The van der Waals surface area contributed by atoms with Crippen LogP contribution in [0.3, 0.4) is 0 Å². The van der Waals surface area contributed by atoms with Gasteiger partial charge in [-0.3, -0.25) is 4.79 Å². The van der Waals surface area contributed by atoms with E-state index in [4.69, 9.17) is 4.74 Å². The van der Waals surface area contributed by atoms with Crippen LogP contribution >= 0.6 is 0 Å². The molecule has 0 radical (unpaired) electrons. The molecule has 1 heterocycles. The second-order valence-corrected chi connectivity index (χ2v) is 4.57. The topological polar surface area (TPSA) is 46.6 Å². The predicted octanol–water partition coefficient (Wildman–Crippen LogP) is 1.34. The van der Waals surface area contributed by atoms with Gasteiger partial charge in [0.25, 0.3) is 0 Å². The van der Waals surface area contributed by atoms with Crippen molar-refractivity contribution in [3.05, 3.63) is 0 Å². The van der Waals surface area contributed by atoms with E-state index >= 15 is 0 Å². The molecular formula is C12H19NO3. The van der Waals surface area contributed by atoms with Crippen LogP contribution in [0.1, 0.15) is 39.0 Å². The Morgan fingerprint density at radius 2 is 2.00 bits per heavy atom. The van der Waals surface area contributed by atoms with Gasteiger partial charge in [0.15, 0.2) is 0 Å². The maximum atomic E-state index is 12.0. The summed E-state index contributed by atoms with van der Waals surface area (Å²) in [6.07, 6.45) is 4.76. The fourth-order valence-corrected chi connectivity index (χ4v) is 2.24. The fourth-order valence-electron chi connectivity index (χ4n) is 2.24. The van der Waals surface area contributed by atoms with Crippen LogP contribution < -0.4 is 0 Å². The highest BCUT2D eigenvalue weighted by Crippen LogP contribution is 2.33. The monoisotopic (exact) mass is 225 g/mol. The van der Waals surface area contributed by atoms with E-state index in [-0.39, 0.29) is 23.8 Å². The number of amides is 1. The maximum Gasteiger partial charge on any atom is 0.328 e. The minimum atomic E-state index is -0.318. The van der Waals surface area contributed by atoms with E-state index in [2.05, 4.69) is 0 Å². The highest BCUT2D eigenvalue weighted by Gasteiger charge is 2.40. The summed E-state index contributed by atoms with van der Waals surface area (Å²) in [5, 5.41) is 0. The molecule has 1 saturated carbocycles. The number of esters is 1. The van der Waals surface area contributed by atoms with Crippen molar-refractivity contribution < 1.29 is 14.3 Å². The Morgan fingerprint density at radius 3 is 2.62 bits per heavy atom. The first-order chi connectivity index (χ1) is 7.74. The van der Waals surface area contributed by atoms with Crippen molar-refractivity contribution in [2.75, 3.05) is 13.2 Å². The van der Waals surface area contributed by atoms with E-state index in [9.17, 15) is 9.59 Å². The molecule has 0 aromatic heterocycles. The lowest BCUT2D eigenvalue weighted by Gasteiger charge is -2.34. The Balaban J connectivity index is 2.00. The van der Waals surface area contributed by atoms with Crippen LogP contribution in [0.15, 0.2) is 0 Å². The summed E-state index contributed by atoms with van der Waals surface area (Å²) in [7, 11) is 0. The SMILES string of the molecule is CCOC(=O)C1CCCCN1C(=O)C1CC1. The zero-order chi connectivity index (χ0) is 11.5. The van der Waals surface area contributed by atoms with Gasteiger partial charge in [0.05, 0.1) is 6.61 Å². The molecule has 1 aliphatic carbocycles. The van der Waals surface area contributed by atoms with Crippen LogP contribution in [0.4, 0.5) is 0 Å². The standard InChI is InChI=1S/C12H19NO3/c1-2-16-12(15)10-5-3-4-8-13(10)11(14)9-6-7-9/h9-10H,2-8H2,1H3. The van der Waals surface area contributed by atoms with Gasteiger partial charge < -0.3 is 9.64 Å². The van der Waals surface area contributed by atoms with Crippen molar-refractivity contribution in [1.29, 1.82) is 0 Å². The lowest BCUT2D eigenvalue weighted by atomic mass is 10.0. The van der Waals surface area contributed by atoms with Gasteiger partial charge in [0.2, 0.25) is 5.91 Å². The van der Waals surface area contributed by atoms with Crippen LogP contribution in [0, 0.1) is 5.92 Å². The number of rotatable bonds is 3. The normalized spacial score (nSPS) is 25.3. The smallest absolute Gasteiger partial charge is 0.328 e. The molecule has 4 heteroatoms. The molecule has 0 aromatic rings. The van der Waals surface area contributed by atoms with Gasteiger partial charge in [-0.05, 0) is 39.0 Å². The largest absolute Gasteiger partial charge is 0.464 e. The molecule has 1 amide bonds. The second kappa shape index (κ2) is 4.85. The lowest BCUT2D eigenvalue weighted by molar-refractivity contribution is -0.157. The van der Waals surface area contributed by atoms with Crippen molar-refractivity contribution in [1.82, 2.24) is 4.90 Å². The molecule has 16 heavy (non-hydrogen) atoms. The second-order valence-electron chi connectivity index (χ2n) is 4.57. The fraction of sp³-hybridized carbons (Fsp3) is 0.833. The molecule has 0 bridgehead atoms. The van der Waals surface area contributed by atoms with Crippen molar-refractivity contribution >= 4 is 11.9 Å². The average Bonchev–Trinajstić information content (AvgIpc) is 3.12. The Labute approximate surface area is 95.9 Å². The van der Waals surface area contributed by atoms with Gasteiger partial charge in [0.1, 0.15) is 6.04 Å². The third kappa shape index (κ3) is 2.36. The van der Waals surface area contributed by atoms with Crippen LogP contribution in [-0.4, -0.2) is 36.0 Å². The van der Waals surface area contributed by atoms with Crippen molar-refractivity contribution in [2.45, 2.75) is 45.1 Å². The molecule has 2 aliphatic rings. The summed E-state index contributed by atoms with van der Waals surface area (Å²) in [5.41, 5.74) is 0. The van der Waals surface area contributed by atoms with Crippen LogP contribution in [0.25, 0.3) is 0 Å². The van der Waals surface area contributed by atoms with E-state index in [1.165, 1.54) is 0 Å². The number of nitrogens with zero attached hydrogens (tertiary/aromatic N) is 1. The molecule has 0 aromatic carbocycles. The highest BCUT2D eigenvalue weighted by atomic mass is 16.5. The van der Waals surface area contributed by atoms with Crippen molar-refractivity contribution in [3.63, 3.8) is 0 Å². The first-order valence-corrected chi connectivity index (χ1v) is 6.21. The molecule has 0 spiro atoms. The molecule has 1 atom stereocenters. The molecule has 0 N–H and O–H groups in total. The Hall–Kier alpha value is -1.06. The summed E-state index contributed by atoms with van der Waals surface area (Å²) < 4.78 is 5.03. The van der Waals surface area contributed by atoms with Crippen LogP contribution in [0.5, 0.6) is 0 Å². The van der Waals surface area contributed by atoms with Crippen molar-refractivity contribution in [3.8, 4) is 0 Å². The Bertz CT molecular complexity index is 286. The number of likely N-dealkylation sites (tertiary alicyclic amines) is 1. The summed E-state index contributed by atoms with van der Waals surface area (Å²) >= 11 is 0. The Kier molecular flexibility index (Phi) is 3.46. The number of carbonyl (C=O) groups is 2. The quantitative estimate of drug-likeness (QED) is 0.681. The number of hydrogen-bond acceptors (Lipinski definition) is 3. The first kappa shape index (κ1) is 11.4. The van der Waals surface area contributed by atoms with Gasteiger partial charge in [-0.15, -0.1) is 0 Å². The molecule has 2 rings (SSSR count). The van der Waals surface area contributed by atoms with E-state index < -0.39 is 0 Å². The van der Waals surface area contributed by atoms with Crippen LogP contribution in [0.2, 0.25) is 0 Å². The predicted molar refractivity (Wildman–Crippen MR) is 58.7 cm³/mol. The number of ether oxygens (including phenoxy) is 1. The lowest BCUT2D eigenvalue weighted by Crippen LogP contribution is -2.49. The molecular weight excluding hydrogens is 206 g/mol. The highest BCUT2D eigenvalue weighted by molar-refractivity contribution is 5.87. The average molecular weight is 225 g/mol. The maximum absolute atomic E-state index is 12.0. The van der Waals surface area contributed by atoms with Crippen LogP contribution in [-0.2, 0) is 14.3 Å². The van der Waals surface area contributed by atoms with Gasteiger partial charge >= 0.3 is 5.97 Å². The summed E-state index contributed by atoms with van der Waals surface area (Å²) in [6.45, 7) is 2.91. The number of piperidine rings is 1. The van der Waals surface area contributed by atoms with Gasteiger partial charge in [0, 0.05) is 12.5 Å². The minimum absolute atomic E-state index is 0.165. The third-order valence-corrected chi connectivity index (χ3v) is 3.27. The Morgan fingerprint density at radius 1 is 1.25 bits per heavy atom. The van der Waals surface area contributed by atoms with Gasteiger partial charge in [-0.25, -0.2) is 4.79 Å².